The average Bonchev–Trinajstić information content (AvgIpc) is 3.24. The summed E-state index contributed by atoms with van der Waals surface area (Å²) in [6.45, 7) is 1.72. The van der Waals surface area contributed by atoms with Crippen molar-refractivity contribution in [2.24, 2.45) is 0 Å². The average molecular weight is 389 g/mol. The zero-order valence-electron chi connectivity index (χ0n) is 14.6. The summed E-state index contributed by atoms with van der Waals surface area (Å²) in [6.07, 6.45) is 0.0698. The van der Waals surface area contributed by atoms with Crippen LogP contribution < -0.4 is 11.2 Å². The number of hydrogen-bond donors (Lipinski definition) is 3. The van der Waals surface area contributed by atoms with Crippen LogP contribution in [0.25, 0.3) is 20.8 Å². The lowest BCUT2D eigenvalue weighted by molar-refractivity contribution is -0.0458. The number of aromatic nitrogens is 3. The Morgan fingerprint density at radius 3 is 2.93 bits per heavy atom. The van der Waals surface area contributed by atoms with E-state index in [2.05, 4.69) is 16.9 Å². The van der Waals surface area contributed by atoms with Crippen LogP contribution >= 0.6 is 11.3 Å². The van der Waals surface area contributed by atoms with Gasteiger partial charge in [-0.3, -0.25) is 14.3 Å². The lowest BCUT2D eigenvalue weighted by Crippen LogP contribution is -2.33. The van der Waals surface area contributed by atoms with Crippen molar-refractivity contribution in [2.75, 3.05) is 6.61 Å². The van der Waals surface area contributed by atoms with Gasteiger partial charge in [-0.25, -0.2) is 9.78 Å². The molecule has 1 aromatic carbocycles. The van der Waals surface area contributed by atoms with Gasteiger partial charge in [0.1, 0.15) is 17.3 Å². The van der Waals surface area contributed by atoms with E-state index in [9.17, 15) is 19.8 Å². The number of fused-ring (bicyclic) bond motifs is 1. The summed E-state index contributed by atoms with van der Waals surface area (Å²) >= 11 is 1.38. The number of nitrogens with one attached hydrogen (secondary N) is 1. The summed E-state index contributed by atoms with van der Waals surface area (Å²) in [5.41, 5.74) is 1.08. The Hall–Kier alpha value is -2.33. The fraction of sp³-hybridized carbons (Fsp3) is 0.389. The van der Waals surface area contributed by atoms with E-state index in [0.29, 0.717) is 5.01 Å². The van der Waals surface area contributed by atoms with Gasteiger partial charge in [0, 0.05) is 12.6 Å². The molecule has 8 nitrogen and oxygen atoms in total. The first-order chi connectivity index (χ1) is 13.0. The third kappa shape index (κ3) is 3.23. The third-order valence-corrected chi connectivity index (χ3v) is 5.81. The minimum absolute atomic E-state index is 0.149. The Morgan fingerprint density at radius 1 is 1.41 bits per heavy atom. The Bertz CT molecular complexity index is 1100. The van der Waals surface area contributed by atoms with Crippen LogP contribution in [0.2, 0.25) is 0 Å². The highest BCUT2D eigenvalue weighted by Gasteiger charge is 2.35. The van der Waals surface area contributed by atoms with E-state index in [0.717, 1.165) is 16.6 Å². The first-order valence-corrected chi connectivity index (χ1v) is 9.51. The van der Waals surface area contributed by atoms with Gasteiger partial charge in [-0.05, 0) is 24.1 Å². The second-order valence-electron chi connectivity index (χ2n) is 6.50. The van der Waals surface area contributed by atoms with Crippen LogP contribution in [0.5, 0.6) is 0 Å². The molecule has 27 heavy (non-hydrogen) atoms. The number of thiazole rings is 1. The first kappa shape index (κ1) is 18.1. The van der Waals surface area contributed by atoms with Crippen molar-refractivity contribution in [3.8, 4) is 10.6 Å². The number of nitrogens with zero attached hydrogens (tertiary/aromatic N) is 2. The highest BCUT2D eigenvalue weighted by Crippen LogP contribution is 2.31. The van der Waals surface area contributed by atoms with Crippen molar-refractivity contribution in [2.45, 2.75) is 38.2 Å². The summed E-state index contributed by atoms with van der Waals surface area (Å²) in [6, 6.07) is 5.96. The number of ether oxygens (including phenoxy) is 1. The van der Waals surface area contributed by atoms with Crippen molar-refractivity contribution >= 4 is 21.6 Å². The molecule has 142 valence electrons. The fourth-order valence-electron chi connectivity index (χ4n) is 3.21. The molecule has 1 fully saturated rings. The molecular weight excluding hydrogens is 370 g/mol. The molecule has 3 atom stereocenters. The molecule has 0 amide bonds. The van der Waals surface area contributed by atoms with Crippen LogP contribution in [0.15, 0.2) is 34.0 Å². The largest absolute Gasteiger partial charge is 0.394 e. The fourth-order valence-corrected chi connectivity index (χ4v) is 4.24. The predicted octanol–water partition coefficient (Wildman–Crippen LogP) is 1.02. The second kappa shape index (κ2) is 7.01. The maximum absolute atomic E-state index is 12.4. The molecule has 3 N–H and O–H groups in total. The number of aromatic amines is 1. The Labute approximate surface area is 157 Å². The molecule has 0 radical (unpaired) electrons. The third-order valence-electron chi connectivity index (χ3n) is 4.75. The standard InChI is InChI=1S/C18H19N3O5S/c1-2-9-3-4-11-14(5-9)27-17(19-11)10-7-21(18(25)20-16(10)24)15-6-12(23)13(8-22)26-15/h3-5,7,12-13,15,22-23H,2,6,8H2,1H3,(H,20,24,25)/t12-,13+,15+/m0/s1. The van der Waals surface area contributed by atoms with E-state index in [1.54, 1.807) is 0 Å². The maximum Gasteiger partial charge on any atom is 0.330 e. The van der Waals surface area contributed by atoms with Crippen molar-refractivity contribution in [3.05, 3.63) is 50.8 Å². The summed E-state index contributed by atoms with van der Waals surface area (Å²) in [5.74, 6) is 0. The molecule has 0 saturated carbocycles. The molecule has 9 heteroatoms. The van der Waals surface area contributed by atoms with Gasteiger partial charge in [0.25, 0.3) is 5.56 Å². The van der Waals surface area contributed by atoms with Gasteiger partial charge >= 0.3 is 5.69 Å². The molecule has 4 rings (SSSR count). The predicted molar refractivity (Wildman–Crippen MR) is 101 cm³/mol. The molecule has 3 aromatic rings. The van der Waals surface area contributed by atoms with Gasteiger partial charge in [-0.2, -0.15) is 0 Å². The number of rotatable bonds is 4. The minimum atomic E-state index is -0.878. The molecule has 2 aromatic heterocycles. The molecule has 1 aliphatic rings. The summed E-state index contributed by atoms with van der Waals surface area (Å²) < 4.78 is 7.74. The first-order valence-electron chi connectivity index (χ1n) is 8.69. The van der Waals surface area contributed by atoms with E-state index in [1.807, 2.05) is 18.2 Å². The summed E-state index contributed by atoms with van der Waals surface area (Å²) in [4.78, 5) is 31.4. The lowest BCUT2D eigenvalue weighted by Gasteiger charge is -2.14. The smallest absolute Gasteiger partial charge is 0.330 e. The lowest BCUT2D eigenvalue weighted by atomic mass is 10.2. The second-order valence-corrected chi connectivity index (χ2v) is 7.53. The van der Waals surface area contributed by atoms with Crippen molar-refractivity contribution in [1.29, 1.82) is 0 Å². The number of aryl methyl sites for hydroxylation is 1. The van der Waals surface area contributed by atoms with E-state index in [4.69, 9.17) is 4.74 Å². The zero-order valence-corrected chi connectivity index (χ0v) is 15.4. The summed E-state index contributed by atoms with van der Waals surface area (Å²) in [5, 5.41) is 19.7. The maximum atomic E-state index is 12.4. The van der Waals surface area contributed by atoms with E-state index < -0.39 is 29.7 Å². The zero-order chi connectivity index (χ0) is 19.1. The molecule has 3 heterocycles. The van der Waals surface area contributed by atoms with E-state index in [1.165, 1.54) is 27.7 Å². The summed E-state index contributed by atoms with van der Waals surface area (Å²) in [7, 11) is 0. The van der Waals surface area contributed by atoms with Crippen LogP contribution in [0.1, 0.15) is 25.1 Å². The van der Waals surface area contributed by atoms with Gasteiger partial charge < -0.3 is 14.9 Å². The van der Waals surface area contributed by atoms with Crippen LogP contribution in [0, 0.1) is 0 Å². The van der Waals surface area contributed by atoms with Crippen LogP contribution in [-0.4, -0.2) is 43.6 Å². The van der Waals surface area contributed by atoms with Crippen LogP contribution in [0.3, 0.4) is 0 Å². The monoisotopic (exact) mass is 389 g/mol. The van der Waals surface area contributed by atoms with E-state index in [-0.39, 0.29) is 18.6 Å². The van der Waals surface area contributed by atoms with Crippen LogP contribution in [-0.2, 0) is 11.2 Å². The molecule has 0 bridgehead atoms. The number of benzene rings is 1. The minimum Gasteiger partial charge on any atom is -0.394 e. The van der Waals surface area contributed by atoms with Gasteiger partial charge in [-0.15, -0.1) is 11.3 Å². The van der Waals surface area contributed by atoms with Gasteiger partial charge in [0.05, 0.1) is 28.5 Å². The number of aliphatic hydroxyl groups excluding tert-OH is 2. The molecule has 0 unspecified atom stereocenters. The number of aliphatic hydroxyl groups is 2. The number of hydrogen-bond acceptors (Lipinski definition) is 7. The Morgan fingerprint density at radius 2 is 2.22 bits per heavy atom. The highest BCUT2D eigenvalue weighted by atomic mass is 32.1. The SMILES string of the molecule is CCc1ccc2nc(-c3cn([C@H]4C[C@H](O)[C@@H](CO)O4)c(=O)[nH]c3=O)sc2c1. The molecule has 1 saturated heterocycles. The quantitative estimate of drug-likeness (QED) is 0.613. The van der Waals surface area contributed by atoms with Crippen molar-refractivity contribution in [1.82, 2.24) is 14.5 Å². The molecule has 1 aliphatic heterocycles. The highest BCUT2D eigenvalue weighted by molar-refractivity contribution is 7.21. The van der Waals surface area contributed by atoms with Gasteiger partial charge in [-0.1, -0.05) is 13.0 Å². The molecule has 0 spiro atoms. The van der Waals surface area contributed by atoms with Crippen molar-refractivity contribution in [3.63, 3.8) is 0 Å². The van der Waals surface area contributed by atoms with Crippen LogP contribution in [0.4, 0.5) is 0 Å². The Balaban J connectivity index is 1.78. The Kier molecular flexibility index (Phi) is 4.68. The topological polar surface area (TPSA) is 117 Å². The normalized spacial score (nSPS) is 22.6. The van der Waals surface area contributed by atoms with Gasteiger partial charge in [0.2, 0.25) is 0 Å². The van der Waals surface area contributed by atoms with Crippen molar-refractivity contribution < 1.29 is 14.9 Å². The van der Waals surface area contributed by atoms with E-state index >= 15 is 0 Å². The molecule has 0 aliphatic carbocycles. The van der Waals surface area contributed by atoms with Gasteiger partial charge in [0.15, 0.2) is 0 Å². The molecular formula is C18H19N3O5S. The number of H-pyrrole nitrogens is 1.